The number of carbonyl (C=O) groups excluding carboxylic acids is 2. The molecule has 2 rings (SSSR count). The maximum absolute atomic E-state index is 13.7. The number of nitrogens with zero attached hydrogens (tertiary/aromatic N) is 2. The van der Waals surface area contributed by atoms with Gasteiger partial charge in [-0.2, -0.15) is 0 Å². The minimum Gasteiger partial charge on any atom is -0.352 e. The van der Waals surface area contributed by atoms with Crippen LogP contribution in [-0.4, -0.2) is 50.0 Å². The number of carbonyl (C=O) groups is 2. The van der Waals surface area contributed by atoms with Crippen LogP contribution in [0.15, 0.2) is 42.5 Å². The molecule has 0 aliphatic carbocycles. The maximum Gasteiger partial charge on any atom is 0.242 e. The van der Waals surface area contributed by atoms with Crippen molar-refractivity contribution in [3.8, 4) is 0 Å². The first kappa shape index (κ1) is 29.2. The lowest BCUT2D eigenvalue weighted by Crippen LogP contribution is -2.49. The van der Waals surface area contributed by atoms with E-state index >= 15 is 0 Å². The lowest BCUT2D eigenvalue weighted by Gasteiger charge is -2.30. The predicted molar refractivity (Wildman–Crippen MR) is 137 cm³/mol. The molecule has 0 unspecified atom stereocenters. The average Bonchev–Trinajstić information content (AvgIpc) is 2.81. The summed E-state index contributed by atoms with van der Waals surface area (Å²) >= 11 is 0. The molecule has 0 aliphatic heterocycles. The number of nitrogens with one attached hydrogen (secondary N) is 1. The first-order chi connectivity index (χ1) is 16.8. The van der Waals surface area contributed by atoms with Gasteiger partial charge in [0.2, 0.25) is 21.8 Å². The molecular weight excluding hydrogens is 488 g/mol. The van der Waals surface area contributed by atoms with E-state index < -0.39 is 27.7 Å². The van der Waals surface area contributed by atoms with Crippen LogP contribution < -0.4 is 9.62 Å². The molecule has 10 heteroatoms. The van der Waals surface area contributed by atoms with Crippen LogP contribution in [0.5, 0.6) is 0 Å². The Morgan fingerprint density at radius 2 is 1.72 bits per heavy atom. The summed E-state index contributed by atoms with van der Waals surface area (Å²) in [5, 5.41) is 2.90. The number of hydrogen-bond acceptors (Lipinski definition) is 4. The second-order valence-corrected chi connectivity index (χ2v) is 10.9. The third-order valence-electron chi connectivity index (χ3n) is 6.11. The Morgan fingerprint density at radius 1 is 1.06 bits per heavy atom. The fourth-order valence-electron chi connectivity index (χ4n) is 3.66. The molecule has 0 fully saturated rings. The fraction of sp³-hybridized carbons (Fsp3) is 0.462. The van der Waals surface area contributed by atoms with Crippen LogP contribution in [0.2, 0.25) is 0 Å². The lowest BCUT2D eigenvalue weighted by molar-refractivity contribution is -0.140. The Balaban J connectivity index is 2.20. The van der Waals surface area contributed by atoms with Gasteiger partial charge in [-0.05, 0) is 56.9 Å². The number of anilines is 1. The number of sulfonamides is 1. The van der Waals surface area contributed by atoms with E-state index in [1.807, 2.05) is 45.0 Å². The van der Waals surface area contributed by atoms with Crippen LogP contribution in [0.25, 0.3) is 0 Å². The molecule has 0 heterocycles. The Hall–Kier alpha value is -3.01. The van der Waals surface area contributed by atoms with Gasteiger partial charge in [0.05, 0.1) is 11.9 Å². The largest absolute Gasteiger partial charge is 0.352 e. The summed E-state index contributed by atoms with van der Waals surface area (Å²) in [4.78, 5) is 27.6. The summed E-state index contributed by atoms with van der Waals surface area (Å²) in [7, 11) is -3.81. The molecule has 0 aromatic heterocycles. The van der Waals surface area contributed by atoms with Gasteiger partial charge < -0.3 is 10.2 Å². The molecule has 2 atom stereocenters. The number of aryl methyl sites for hydroxylation is 1. The van der Waals surface area contributed by atoms with E-state index in [0.29, 0.717) is 0 Å². The molecule has 0 radical (unpaired) electrons. The van der Waals surface area contributed by atoms with Crippen molar-refractivity contribution in [3.05, 3.63) is 65.2 Å². The Kier molecular flexibility index (Phi) is 10.4. The Bertz CT molecular complexity index is 1170. The zero-order valence-corrected chi connectivity index (χ0v) is 22.2. The van der Waals surface area contributed by atoms with Gasteiger partial charge in [-0.25, -0.2) is 17.2 Å². The first-order valence-electron chi connectivity index (χ1n) is 11.9. The van der Waals surface area contributed by atoms with Gasteiger partial charge in [0, 0.05) is 31.6 Å². The second kappa shape index (κ2) is 12.8. The molecule has 0 aliphatic rings. The summed E-state index contributed by atoms with van der Waals surface area (Å²) in [6.45, 7) is 7.54. The van der Waals surface area contributed by atoms with Crippen molar-refractivity contribution in [2.45, 2.75) is 65.6 Å². The second-order valence-electron chi connectivity index (χ2n) is 8.98. The van der Waals surface area contributed by atoms with Gasteiger partial charge in [-0.3, -0.25) is 13.9 Å². The van der Waals surface area contributed by atoms with Crippen LogP contribution in [0.4, 0.5) is 14.5 Å². The molecule has 0 bridgehead atoms. The van der Waals surface area contributed by atoms with Gasteiger partial charge >= 0.3 is 0 Å². The predicted octanol–water partition coefficient (Wildman–Crippen LogP) is 4.15. The van der Waals surface area contributed by atoms with Crippen molar-refractivity contribution in [3.63, 3.8) is 0 Å². The average molecular weight is 524 g/mol. The zero-order chi connectivity index (χ0) is 27.0. The summed E-state index contributed by atoms with van der Waals surface area (Å²) in [5.74, 6) is -2.84. The third kappa shape index (κ3) is 8.01. The summed E-state index contributed by atoms with van der Waals surface area (Å²) in [6.07, 6.45) is 1.79. The number of halogens is 2. The molecule has 0 spiro atoms. The summed E-state index contributed by atoms with van der Waals surface area (Å²) in [5.41, 5.74) is 1.85. The molecule has 2 aromatic carbocycles. The minimum absolute atomic E-state index is 0.0260. The summed E-state index contributed by atoms with van der Waals surface area (Å²) in [6, 6.07) is 9.62. The number of amides is 2. The fourth-order valence-corrected chi connectivity index (χ4v) is 4.62. The normalized spacial score (nSPS) is 13.1. The Morgan fingerprint density at radius 3 is 2.31 bits per heavy atom. The van der Waals surface area contributed by atoms with E-state index in [9.17, 15) is 26.8 Å². The standard InChI is InChI=1S/C26H35F2N3O4S/c1-6-19(3)29-26(33)20(4)30(17-21-11-8-7-10-18(21)2)25(32)12-9-15-31(36(5,34)35)22-13-14-23(27)24(28)16-22/h7-8,10-11,13-14,16,19-20H,6,9,12,15,17H2,1-5H3,(H,29,33)/t19-,20-/m1/s1. The van der Waals surface area contributed by atoms with Gasteiger partial charge in [0.15, 0.2) is 11.6 Å². The molecule has 7 nitrogen and oxygen atoms in total. The van der Waals surface area contributed by atoms with Crippen LogP contribution in [0.1, 0.15) is 51.2 Å². The third-order valence-corrected chi connectivity index (χ3v) is 7.31. The SMILES string of the molecule is CC[C@@H](C)NC(=O)[C@@H](C)N(Cc1ccccc1C)C(=O)CCCN(c1ccc(F)c(F)c1)S(C)(=O)=O. The maximum atomic E-state index is 13.7. The Labute approximate surface area is 212 Å². The van der Waals surface area contributed by atoms with Gasteiger partial charge in [0.25, 0.3) is 0 Å². The monoisotopic (exact) mass is 523 g/mol. The van der Waals surface area contributed by atoms with Crippen molar-refractivity contribution >= 4 is 27.5 Å². The van der Waals surface area contributed by atoms with Crippen LogP contribution in [0, 0.1) is 18.6 Å². The van der Waals surface area contributed by atoms with E-state index in [1.54, 1.807) is 6.92 Å². The van der Waals surface area contributed by atoms with E-state index in [1.165, 1.54) is 11.0 Å². The van der Waals surface area contributed by atoms with Crippen molar-refractivity contribution in [2.75, 3.05) is 17.1 Å². The molecule has 2 aromatic rings. The van der Waals surface area contributed by atoms with Crippen LogP contribution >= 0.6 is 0 Å². The first-order valence-corrected chi connectivity index (χ1v) is 13.8. The van der Waals surface area contributed by atoms with E-state index in [2.05, 4.69) is 5.32 Å². The molecule has 2 amide bonds. The number of benzene rings is 2. The highest BCUT2D eigenvalue weighted by molar-refractivity contribution is 7.92. The quantitative estimate of drug-likeness (QED) is 0.453. The zero-order valence-electron chi connectivity index (χ0n) is 21.4. The molecule has 1 N–H and O–H groups in total. The highest BCUT2D eigenvalue weighted by atomic mass is 32.2. The molecular formula is C26H35F2N3O4S. The molecule has 0 saturated carbocycles. The molecule has 36 heavy (non-hydrogen) atoms. The van der Waals surface area contributed by atoms with Crippen molar-refractivity contribution in [1.29, 1.82) is 0 Å². The van der Waals surface area contributed by atoms with E-state index in [0.717, 1.165) is 40.2 Å². The minimum atomic E-state index is -3.81. The molecule has 198 valence electrons. The summed E-state index contributed by atoms with van der Waals surface area (Å²) < 4.78 is 52.6. The smallest absolute Gasteiger partial charge is 0.242 e. The van der Waals surface area contributed by atoms with Crippen molar-refractivity contribution in [2.24, 2.45) is 0 Å². The topological polar surface area (TPSA) is 86.8 Å². The molecule has 0 saturated heterocycles. The number of rotatable bonds is 12. The number of hydrogen-bond donors (Lipinski definition) is 1. The van der Waals surface area contributed by atoms with Crippen molar-refractivity contribution in [1.82, 2.24) is 10.2 Å². The highest BCUT2D eigenvalue weighted by Crippen LogP contribution is 2.22. The van der Waals surface area contributed by atoms with Crippen molar-refractivity contribution < 1.29 is 26.8 Å². The van der Waals surface area contributed by atoms with Gasteiger partial charge in [0.1, 0.15) is 6.04 Å². The van der Waals surface area contributed by atoms with Gasteiger partial charge in [-0.1, -0.05) is 31.2 Å². The van der Waals surface area contributed by atoms with E-state index in [-0.39, 0.29) is 49.5 Å². The highest BCUT2D eigenvalue weighted by Gasteiger charge is 2.27. The van der Waals surface area contributed by atoms with E-state index in [4.69, 9.17) is 0 Å². The lowest BCUT2D eigenvalue weighted by atomic mass is 10.1. The van der Waals surface area contributed by atoms with Crippen LogP contribution in [-0.2, 0) is 26.2 Å². The van der Waals surface area contributed by atoms with Crippen LogP contribution in [0.3, 0.4) is 0 Å². The van der Waals surface area contributed by atoms with Gasteiger partial charge in [-0.15, -0.1) is 0 Å².